The van der Waals surface area contributed by atoms with Crippen LogP contribution in [0.15, 0.2) is 55.0 Å². The van der Waals surface area contributed by atoms with Crippen LogP contribution in [0, 0.1) is 0 Å². The first-order valence-electron chi connectivity index (χ1n) is 8.02. The number of phenols is 1. The first kappa shape index (κ1) is 18.0. The second-order valence-electron chi connectivity index (χ2n) is 5.74. The third-order valence-corrected chi connectivity index (χ3v) is 4.66. The molecular formula is C18H12Cl2N6O2. The molecule has 1 amide bonds. The molecule has 2 aromatic heterocycles. The van der Waals surface area contributed by atoms with Crippen LogP contribution >= 0.6 is 23.2 Å². The molecule has 0 aliphatic heterocycles. The first-order chi connectivity index (χ1) is 13.5. The third kappa shape index (κ3) is 3.42. The Bertz CT molecular complexity index is 1190. The average Bonchev–Trinajstić information content (AvgIpc) is 3.13. The lowest BCUT2D eigenvalue weighted by Gasteiger charge is -2.09. The van der Waals surface area contributed by atoms with E-state index in [1.54, 1.807) is 41.2 Å². The minimum absolute atomic E-state index is 0.0000202. The monoisotopic (exact) mass is 414 g/mol. The summed E-state index contributed by atoms with van der Waals surface area (Å²) in [4.78, 5) is 20.6. The highest BCUT2D eigenvalue weighted by molar-refractivity contribution is 6.42. The van der Waals surface area contributed by atoms with Crippen molar-refractivity contribution in [2.45, 2.75) is 0 Å². The second kappa shape index (κ2) is 7.34. The smallest absolute Gasteiger partial charge is 0.269 e. The van der Waals surface area contributed by atoms with E-state index in [2.05, 4.69) is 25.9 Å². The van der Waals surface area contributed by atoms with Gasteiger partial charge in [0.05, 0.1) is 27.3 Å². The van der Waals surface area contributed by atoms with Crippen molar-refractivity contribution >= 4 is 46.0 Å². The zero-order valence-corrected chi connectivity index (χ0v) is 15.6. The molecule has 140 valence electrons. The molecule has 28 heavy (non-hydrogen) atoms. The number of carbonyl (C=O) groups is 1. The van der Waals surface area contributed by atoms with Gasteiger partial charge in [0, 0.05) is 5.56 Å². The average molecular weight is 415 g/mol. The quantitative estimate of drug-likeness (QED) is 0.440. The van der Waals surface area contributed by atoms with Crippen molar-refractivity contribution in [3.8, 4) is 11.4 Å². The number of hydrogen-bond donors (Lipinski definition) is 3. The Morgan fingerprint density at radius 2 is 1.93 bits per heavy atom. The molecule has 0 radical (unpaired) electrons. The van der Waals surface area contributed by atoms with E-state index in [0.29, 0.717) is 38.1 Å². The lowest BCUT2D eigenvalue weighted by molar-refractivity contribution is 0.0962. The number of aromatic hydroxyl groups is 1. The summed E-state index contributed by atoms with van der Waals surface area (Å²) in [6, 6.07) is 11.1. The molecule has 8 nitrogen and oxygen atoms in total. The summed E-state index contributed by atoms with van der Waals surface area (Å²) in [5.41, 5.74) is 6.78. The number of hydrogen-bond acceptors (Lipinski definition) is 6. The molecule has 2 aromatic carbocycles. The van der Waals surface area contributed by atoms with E-state index in [9.17, 15) is 9.90 Å². The van der Waals surface area contributed by atoms with E-state index in [0.717, 1.165) is 0 Å². The van der Waals surface area contributed by atoms with E-state index >= 15 is 0 Å². The molecule has 0 atom stereocenters. The molecule has 0 aliphatic carbocycles. The van der Waals surface area contributed by atoms with Gasteiger partial charge in [0.25, 0.3) is 5.91 Å². The fraction of sp³-hybridized carbons (Fsp3) is 0. The number of anilines is 1. The number of rotatable bonds is 4. The van der Waals surface area contributed by atoms with Crippen molar-refractivity contribution in [1.29, 1.82) is 0 Å². The minimum atomic E-state index is -0.431. The maximum atomic E-state index is 12.2. The zero-order valence-electron chi connectivity index (χ0n) is 14.1. The normalized spacial score (nSPS) is 10.8. The van der Waals surface area contributed by atoms with Gasteiger partial charge in [0.1, 0.15) is 12.1 Å². The van der Waals surface area contributed by atoms with E-state index in [1.165, 1.54) is 18.5 Å². The highest BCUT2D eigenvalue weighted by atomic mass is 35.5. The number of fused-ring (bicyclic) bond motifs is 1. The molecule has 0 saturated carbocycles. The molecule has 0 unspecified atom stereocenters. The van der Waals surface area contributed by atoms with Crippen LogP contribution in [0.25, 0.3) is 16.7 Å². The predicted molar refractivity (Wildman–Crippen MR) is 106 cm³/mol. The number of aromatic nitrogens is 4. The van der Waals surface area contributed by atoms with Crippen LogP contribution in [0.4, 0.5) is 5.82 Å². The first-order valence-corrected chi connectivity index (χ1v) is 8.78. The van der Waals surface area contributed by atoms with Crippen molar-refractivity contribution in [2.24, 2.45) is 0 Å². The Hall–Kier alpha value is -3.36. The van der Waals surface area contributed by atoms with Crippen LogP contribution < -0.4 is 10.9 Å². The molecule has 2 heterocycles. The molecule has 0 spiro atoms. The Morgan fingerprint density at radius 3 is 2.71 bits per heavy atom. The van der Waals surface area contributed by atoms with Crippen LogP contribution in [-0.4, -0.2) is 30.8 Å². The largest absolute Gasteiger partial charge is 0.508 e. The van der Waals surface area contributed by atoms with Gasteiger partial charge in [-0.3, -0.25) is 15.6 Å². The number of phenolic OH excluding ortho intramolecular Hbond substituents is 1. The zero-order chi connectivity index (χ0) is 19.7. The Labute approximate surface area is 168 Å². The summed E-state index contributed by atoms with van der Waals surface area (Å²) in [5, 5.41) is 15.2. The number of hydrazine groups is 1. The van der Waals surface area contributed by atoms with Crippen molar-refractivity contribution in [2.75, 3.05) is 5.43 Å². The fourth-order valence-electron chi connectivity index (χ4n) is 2.58. The van der Waals surface area contributed by atoms with Crippen LogP contribution in [0.1, 0.15) is 10.4 Å². The van der Waals surface area contributed by atoms with E-state index in [-0.39, 0.29) is 5.75 Å². The van der Waals surface area contributed by atoms with Gasteiger partial charge in [-0.2, -0.15) is 5.10 Å². The maximum absolute atomic E-state index is 12.2. The molecule has 4 aromatic rings. The molecular weight excluding hydrogens is 403 g/mol. The van der Waals surface area contributed by atoms with Crippen LogP contribution in [0.2, 0.25) is 10.0 Å². The Morgan fingerprint density at radius 1 is 1.07 bits per heavy atom. The lowest BCUT2D eigenvalue weighted by atomic mass is 10.2. The maximum Gasteiger partial charge on any atom is 0.269 e. The van der Waals surface area contributed by atoms with Crippen molar-refractivity contribution in [3.05, 3.63) is 70.6 Å². The molecule has 0 saturated heterocycles. The van der Waals surface area contributed by atoms with Crippen LogP contribution in [0.3, 0.4) is 0 Å². The van der Waals surface area contributed by atoms with Gasteiger partial charge in [0.15, 0.2) is 11.5 Å². The Kier molecular flexibility index (Phi) is 4.72. The van der Waals surface area contributed by atoms with Gasteiger partial charge < -0.3 is 5.11 Å². The van der Waals surface area contributed by atoms with Gasteiger partial charge >= 0.3 is 0 Å². The summed E-state index contributed by atoms with van der Waals surface area (Å²) in [6.07, 6.45) is 2.92. The summed E-state index contributed by atoms with van der Waals surface area (Å²) >= 11 is 12.0. The van der Waals surface area contributed by atoms with Gasteiger partial charge in [-0.15, -0.1) is 0 Å². The molecule has 0 aliphatic rings. The van der Waals surface area contributed by atoms with Crippen LogP contribution in [-0.2, 0) is 0 Å². The van der Waals surface area contributed by atoms with Gasteiger partial charge in [0.2, 0.25) is 0 Å². The number of carbonyl (C=O) groups excluding carboxylic acids is 1. The number of benzene rings is 2. The van der Waals surface area contributed by atoms with Gasteiger partial charge in [-0.05, 0) is 36.4 Å². The summed E-state index contributed by atoms with van der Waals surface area (Å²) in [7, 11) is 0. The standard InChI is InChI=1S/C18H12Cl2N6O2/c19-14-5-4-11(7-15(14)20)26-17-13(8-23-26)16(21-9-22-17)24-25-18(28)10-2-1-3-12(27)6-10/h1-9,27H,(H,25,28)(H,21,22,24). The molecule has 0 bridgehead atoms. The Balaban J connectivity index is 1.61. The second-order valence-corrected chi connectivity index (χ2v) is 6.56. The fourth-order valence-corrected chi connectivity index (χ4v) is 2.88. The van der Waals surface area contributed by atoms with E-state index in [4.69, 9.17) is 23.2 Å². The number of halogens is 2. The van der Waals surface area contributed by atoms with Crippen molar-refractivity contribution in [3.63, 3.8) is 0 Å². The predicted octanol–water partition coefficient (Wildman–Crippen LogP) is 3.58. The summed E-state index contributed by atoms with van der Waals surface area (Å²) in [5.74, 6) is -0.0654. The van der Waals surface area contributed by atoms with E-state index < -0.39 is 5.91 Å². The summed E-state index contributed by atoms with van der Waals surface area (Å²) in [6.45, 7) is 0. The SMILES string of the molecule is O=C(NNc1ncnc2c1cnn2-c1ccc(Cl)c(Cl)c1)c1cccc(O)c1. The molecule has 4 rings (SSSR count). The highest BCUT2D eigenvalue weighted by Gasteiger charge is 2.13. The van der Waals surface area contributed by atoms with Crippen molar-refractivity contribution in [1.82, 2.24) is 25.2 Å². The third-order valence-electron chi connectivity index (χ3n) is 3.92. The molecule has 0 fully saturated rings. The lowest BCUT2D eigenvalue weighted by Crippen LogP contribution is -2.29. The highest BCUT2D eigenvalue weighted by Crippen LogP contribution is 2.27. The van der Waals surface area contributed by atoms with Crippen LogP contribution in [0.5, 0.6) is 5.75 Å². The molecule has 3 N–H and O–H groups in total. The minimum Gasteiger partial charge on any atom is -0.508 e. The van der Waals surface area contributed by atoms with Crippen molar-refractivity contribution < 1.29 is 9.90 Å². The number of amides is 1. The molecule has 10 heteroatoms. The van der Waals surface area contributed by atoms with E-state index in [1.807, 2.05) is 0 Å². The van der Waals surface area contributed by atoms with Gasteiger partial charge in [-0.25, -0.2) is 14.6 Å². The summed E-state index contributed by atoms with van der Waals surface area (Å²) < 4.78 is 1.58. The number of nitrogens with one attached hydrogen (secondary N) is 2. The van der Waals surface area contributed by atoms with Gasteiger partial charge in [-0.1, -0.05) is 29.3 Å². The number of nitrogens with zero attached hydrogens (tertiary/aromatic N) is 4. The topological polar surface area (TPSA) is 105 Å².